The molecule has 6 nitrogen and oxygen atoms in total. The zero-order valence-electron chi connectivity index (χ0n) is 11.0. The Bertz CT molecular complexity index is 845. The third kappa shape index (κ3) is 2.27. The van der Waals surface area contributed by atoms with Crippen molar-refractivity contribution in [3.05, 3.63) is 35.3 Å². The zero-order valence-corrected chi connectivity index (χ0v) is 11.8. The summed E-state index contributed by atoms with van der Waals surface area (Å²) in [4.78, 5) is 19.4. The molecule has 2 aromatic heterocycles. The van der Waals surface area contributed by atoms with Crippen LogP contribution in [0.5, 0.6) is 5.75 Å². The molecule has 106 valence electrons. The second kappa shape index (κ2) is 5.02. The van der Waals surface area contributed by atoms with Gasteiger partial charge in [0.15, 0.2) is 23.1 Å². The van der Waals surface area contributed by atoms with Gasteiger partial charge in [0.25, 0.3) is 0 Å². The quantitative estimate of drug-likeness (QED) is 0.771. The number of hydrogen-bond donors (Lipinski definition) is 2. The van der Waals surface area contributed by atoms with Crippen molar-refractivity contribution < 1.29 is 14.6 Å². The summed E-state index contributed by atoms with van der Waals surface area (Å²) in [6.07, 6.45) is 0. The lowest BCUT2D eigenvalue weighted by Crippen LogP contribution is -2.09. The molecular formula is C14H11N3O3S. The summed E-state index contributed by atoms with van der Waals surface area (Å²) >= 11 is 1.59. The van der Waals surface area contributed by atoms with Crippen molar-refractivity contribution in [1.82, 2.24) is 9.97 Å². The number of hydrogen-bond acceptors (Lipinski definition) is 6. The lowest BCUT2D eigenvalue weighted by molar-refractivity contribution is 0.0686. The van der Waals surface area contributed by atoms with Crippen LogP contribution in [0.1, 0.15) is 10.5 Å². The number of carboxylic acid groups (broad SMARTS) is 1. The van der Waals surface area contributed by atoms with Crippen molar-refractivity contribution in [2.75, 3.05) is 12.8 Å². The lowest BCUT2D eigenvalue weighted by atomic mass is 10.1. The number of fused-ring (bicyclic) bond motifs is 1. The predicted molar refractivity (Wildman–Crippen MR) is 80.8 cm³/mol. The SMILES string of the molecule is COc1c(N)nc(-c2ccc3ccsc3c2)nc1C(=O)O. The average Bonchev–Trinajstić information content (AvgIpc) is 2.93. The van der Waals surface area contributed by atoms with Gasteiger partial charge in [-0.15, -0.1) is 11.3 Å². The summed E-state index contributed by atoms with van der Waals surface area (Å²) in [6.45, 7) is 0. The van der Waals surface area contributed by atoms with Crippen molar-refractivity contribution >= 4 is 33.2 Å². The van der Waals surface area contributed by atoms with Gasteiger partial charge in [-0.1, -0.05) is 12.1 Å². The number of methoxy groups -OCH3 is 1. The molecule has 3 N–H and O–H groups in total. The van der Waals surface area contributed by atoms with Crippen molar-refractivity contribution in [3.63, 3.8) is 0 Å². The molecule has 2 heterocycles. The molecule has 0 saturated heterocycles. The maximum absolute atomic E-state index is 11.3. The van der Waals surface area contributed by atoms with Crippen LogP contribution in [-0.4, -0.2) is 28.2 Å². The normalized spacial score (nSPS) is 10.7. The van der Waals surface area contributed by atoms with Crippen LogP contribution < -0.4 is 10.5 Å². The minimum absolute atomic E-state index is 0.00572. The van der Waals surface area contributed by atoms with Gasteiger partial charge in [-0.25, -0.2) is 14.8 Å². The van der Waals surface area contributed by atoms with Crippen LogP contribution in [0.4, 0.5) is 5.82 Å². The van der Waals surface area contributed by atoms with Crippen molar-refractivity contribution in [2.24, 2.45) is 0 Å². The fraction of sp³-hybridized carbons (Fsp3) is 0.0714. The largest absolute Gasteiger partial charge is 0.491 e. The number of aromatic carboxylic acids is 1. The van der Waals surface area contributed by atoms with E-state index in [0.29, 0.717) is 5.56 Å². The number of rotatable bonds is 3. The second-order valence-corrected chi connectivity index (χ2v) is 5.24. The predicted octanol–water partition coefficient (Wildman–Crippen LogP) is 2.65. The first kappa shape index (κ1) is 13.3. The van der Waals surface area contributed by atoms with E-state index in [2.05, 4.69) is 9.97 Å². The number of nitrogen functional groups attached to an aromatic ring is 1. The number of benzene rings is 1. The topological polar surface area (TPSA) is 98.3 Å². The number of nitrogens with zero attached hydrogens (tertiary/aromatic N) is 2. The van der Waals surface area contributed by atoms with Crippen LogP contribution in [0.15, 0.2) is 29.6 Å². The molecule has 0 amide bonds. The van der Waals surface area contributed by atoms with E-state index in [0.717, 1.165) is 10.1 Å². The van der Waals surface area contributed by atoms with Crippen molar-refractivity contribution in [3.8, 4) is 17.1 Å². The van der Waals surface area contributed by atoms with Gasteiger partial charge in [-0.3, -0.25) is 0 Å². The number of ether oxygens (including phenoxy) is 1. The molecule has 0 fully saturated rings. The molecule has 0 atom stereocenters. The number of nitrogens with two attached hydrogens (primary N) is 1. The Morgan fingerprint density at radius 1 is 1.33 bits per heavy atom. The van der Waals surface area contributed by atoms with Gasteiger partial charge in [-0.2, -0.15) is 0 Å². The highest BCUT2D eigenvalue weighted by Crippen LogP contribution is 2.30. The van der Waals surface area contributed by atoms with Crippen molar-refractivity contribution in [1.29, 1.82) is 0 Å². The van der Waals surface area contributed by atoms with E-state index in [1.807, 2.05) is 29.6 Å². The van der Waals surface area contributed by atoms with Gasteiger partial charge in [-0.05, 0) is 22.9 Å². The summed E-state index contributed by atoms with van der Waals surface area (Å²) in [5.74, 6) is -0.963. The summed E-state index contributed by atoms with van der Waals surface area (Å²) < 4.78 is 6.03. The van der Waals surface area contributed by atoms with E-state index in [-0.39, 0.29) is 23.1 Å². The average molecular weight is 301 g/mol. The van der Waals surface area contributed by atoms with Gasteiger partial charge in [0, 0.05) is 10.3 Å². The molecule has 0 spiro atoms. The van der Waals surface area contributed by atoms with Crippen LogP contribution >= 0.6 is 11.3 Å². The molecule has 0 saturated carbocycles. The van der Waals surface area contributed by atoms with Crippen LogP contribution in [0.25, 0.3) is 21.5 Å². The van der Waals surface area contributed by atoms with Crippen LogP contribution in [0.3, 0.4) is 0 Å². The molecule has 0 radical (unpaired) electrons. The number of carbonyl (C=O) groups is 1. The van der Waals surface area contributed by atoms with Crippen LogP contribution in [-0.2, 0) is 0 Å². The Balaban J connectivity index is 2.19. The molecule has 3 rings (SSSR count). The van der Waals surface area contributed by atoms with Gasteiger partial charge in [0.05, 0.1) is 7.11 Å². The van der Waals surface area contributed by atoms with E-state index in [9.17, 15) is 9.90 Å². The second-order valence-electron chi connectivity index (χ2n) is 4.29. The molecule has 3 aromatic rings. The molecule has 7 heteroatoms. The summed E-state index contributed by atoms with van der Waals surface area (Å²) in [5.41, 5.74) is 6.23. The third-order valence-electron chi connectivity index (χ3n) is 3.01. The van der Waals surface area contributed by atoms with Gasteiger partial charge in [0.1, 0.15) is 0 Å². The maximum atomic E-state index is 11.3. The molecule has 0 unspecified atom stereocenters. The van der Waals surface area contributed by atoms with Crippen molar-refractivity contribution in [2.45, 2.75) is 0 Å². The third-order valence-corrected chi connectivity index (χ3v) is 3.89. The minimum atomic E-state index is -1.21. The molecule has 21 heavy (non-hydrogen) atoms. The Hall–Kier alpha value is -2.67. The number of thiophene rings is 1. The molecule has 0 aliphatic carbocycles. The number of carboxylic acids is 1. The molecule has 1 aromatic carbocycles. The lowest BCUT2D eigenvalue weighted by Gasteiger charge is -2.09. The maximum Gasteiger partial charge on any atom is 0.358 e. The number of anilines is 1. The van der Waals surface area contributed by atoms with E-state index >= 15 is 0 Å². The van der Waals surface area contributed by atoms with Crippen LogP contribution in [0.2, 0.25) is 0 Å². The first-order valence-electron chi connectivity index (χ1n) is 6.02. The smallest absolute Gasteiger partial charge is 0.358 e. The fourth-order valence-electron chi connectivity index (χ4n) is 2.04. The molecular weight excluding hydrogens is 290 g/mol. The molecule has 0 bridgehead atoms. The Labute approximate surface area is 123 Å². The standard InChI is InChI=1S/C14H11N3O3S/c1-20-11-10(14(18)19)16-13(17-12(11)15)8-3-2-7-4-5-21-9(7)6-8/h2-6H,1H3,(H,18,19)(H2,15,16,17). The monoisotopic (exact) mass is 301 g/mol. The van der Waals surface area contributed by atoms with Crippen LogP contribution in [0, 0.1) is 0 Å². The summed E-state index contributed by atoms with van der Waals surface area (Å²) in [7, 11) is 1.33. The highest BCUT2D eigenvalue weighted by molar-refractivity contribution is 7.17. The Morgan fingerprint density at radius 3 is 2.86 bits per heavy atom. The summed E-state index contributed by atoms with van der Waals surface area (Å²) in [5, 5.41) is 12.3. The molecule has 0 aliphatic rings. The zero-order chi connectivity index (χ0) is 15.0. The van der Waals surface area contributed by atoms with Gasteiger partial charge >= 0.3 is 5.97 Å². The fourth-order valence-corrected chi connectivity index (χ4v) is 2.87. The summed E-state index contributed by atoms with van der Waals surface area (Å²) in [6, 6.07) is 7.69. The van der Waals surface area contributed by atoms with E-state index in [1.54, 1.807) is 11.3 Å². The van der Waals surface area contributed by atoms with E-state index < -0.39 is 5.97 Å². The highest BCUT2D eigenvalue weighted by Gasteiger charge is 2.19. The van der Waals surface area contributed by atoms with Gasteiger partial charge in [0.2, 0.25) is 0 Å². The first-order valence-corrected chi connectivity index (χ1v) is 6.90. The Morgan fingerprint density at radius 2 is 2.14 bits per heavy atom. The van der Waals surface area contributed by atoms with E-state index in [4.69, 9.17) is 10.5 Å². The first-order chi connectivity index (χ1) is 10.1. The Kier molecular flexibility index (Phi) is 3.19. The minimum Gasteiger partial charge on any atom is -0.491 e. The van der Waals surface area contributed by atoms with E-state index in [1.165, 1.54) is 7.11 Å². The number of aromatic nitrogens is 2. The highest BCUT2D eigenvalue weighted by atomic mass is 32.1. The van der Waals surface area contributed by atoms with Gasteiger partial charge < -0.3 is 15.6 Å². The molecule has 0 aliphatic heterocycles.